The third-order valence-corrected chi connectivity index (χ3v) is 3.86. The van der Waals surface area contributed by atoms with Crippen LogP contribution in [0, 0.1) is 6.92 Å². The van der Waals surface area contributed by atoms with Gasteiger partial charge in [0, 0.05) is 23.8 Å². The van der Waals surface area contributed by atoms with Crippen LogP contribution in [0.5, 0.6) is 0 Å². The van der Waals surface area contributed by atoms with E-state index in [0.29, 0.717) is 6.54 Å². The molecular formula is C15H18N2O. The van der Waals surface area contributed by atoms with Crippen molar-refractivity contribution in [1.29, 1.82) is 0 Å². The van der Waals surface area contributed by atoms with E-state index in [0.717, 1.165) is 35.9 Å². The number of anilines is 1. The first-order valence-corrected chi connectivity index (χ1v) is 6.49. The van der Waals surface area contributed by atoms with Gasteiger partial charge in [0.25, 0.3) is 0 Å². The van der Waals surface area contributed by atoms with E-state index in [2.05, 4.69) is 29.4 Å². The molecule has 2 aromatic rings. The number of benzene rings is 1. The maximum atomic E-state index is 10.1. The molecule has 3 heteroatoms. The number of nitrogens with zero attached hydrogens (tertiary/aromatic N) is 1. The summed E-state index contributed by atoms with van der Waals surface area (Å²) in [5.74, 6) is 0. The molecule has 1 saturated carbocycles. The van der Waals surface area contributed by atoms with Crippen LogP contribution in [0.3, 0.4) is 0 Å². The van der Waals surface area contributed by atoms with Gasteiger partial charge >= 0.3 is 0 Å². The van der Waals surface area contributed by atoms with Gasteiger partial charge in [-0.25, -0.2) is 0 Å². The lowest BCUT2D eigenvalue weighted by molar-refractivity contribution is -0.0201. The van der Waals surface area contributed by atoms with Crippen LogP contribution in [0.4, 0.5) is 5.69 Å². The normalized spacial score (nSPS) is 17.4. The predicted octanol–water partition coefficient (Wildman–Crippen LogP) is 2.87. The Morgan fingerprint density at radius 1 is 1.33 bits per heavy atom. The Morgan fingerprint density at radius 2 is 2.17 bits per heavy atom. The number of aromatic nitrogens is 1. The number of aryl methyl sites for hydroxylation is 1. The monoisotopic (exact) mass is 242 g/mol. The molecular weight excluding hydrogens is 224 g/mol. The highest BCUT2D eigenvalue weighted by Crippen LogP contribution is 2.32. The van der Waals surface area contributed by atoms with Crippen molar-refractivity contribution in [3.8, 4) is 0 Å². The van der Waals surface area contributed by atoms with E-state index in [1.165, 1.54) is 5.56 Å². The fourth-order valence-corrected chi connectivity index (χ4v) is 2.50. The molecule has 1 aliphatic carbocycles. The second kappa shape index (κ2) is 4.25. The molecule has 1 aliphatic rings. The topological polar surface area (TPSA) is 45.1 Å². The summed E-state index contributed by atoms with van der Waals surface area (Å²) in [4.78, 5) is 4.42. The highest BCUT2D eigenvalue weighted by Gasteiger charge is 2.33. The van der Waals surface area contributed by atoms with Crippen LogP contribution in [-0.4, -0.2) is 22.2 Å². The summed E-state index contributed by atoms with van der Waals surface area (Å²) < 4.78 is 0. The molecule has 0 bridgehead atoms. The molecule has 0 saturated heterocycles. The minimum Gasteiger partial charge on any atom is -0.388 e. The third-order valence-electron chi connectivity index (χ3n) is 3.86. The summed E-state index contributed by atoms with van der Waals surface area (Å²) >= 11 is 0. The summed E-state index contributed by atoms with van der Waals surface area (Å²) in [7, 11) is 0. The van der Waals surface area contributed by atoms with Gasteiger partial charge in [0.1, 0.15) is 0 Å². The summed E-state index contributed by atoms with van der Waals surface area (Å²) in [5, 5.41) is 14.6. The zero-order valence-corrected chi connectivity index (χ0v) is 10.6. The Labute approximate surface area is 107 Å². The lowest BCUT2D eigenvalue weighted by Gasteiger charge is -2.37. The van der Waals surface area contributed by atoms with E-state index < -0.39 is 5.60 Å². The molecule has 1 aromatic carbocycles. The fraction of sp³-hybridized carbons (Fsp3) is 0.400. The number of fused-ring (bicyclic) bond motifs is 1. The van der Waals surface area contributed by atoms with Gasteiger partial charge in [0.15, 0.2) is 0 Å². The Hall–Kier alpha value is -1.61. The first-order valence-electron chi connectivity index (χ1n) is 6.49. The lowest BCUT2D eigenvalue weighted by atomic mass is 9.80. The Bertz CT molecular complexity index is 576. The Balaban J connectivity index is 1.89. The molecule has 94 valence electrons. The molecule has 0 atom stereocenters. The smallest absolute Gasteiger partial charge is 0.0819 e. The van der Waals surface area contributed by atoms with Crippen LogP contribution < -0.4 is 5.32 Å². The van der Waals surface area contributed by atoms with Gasteiger partial charge < -0.3 is 10.4 Å². The zero-order valence-electron chi connectivity index (χ0n) is 10.6. The first kappa shape index (κ1) is 11.5. The molecule has 0 radical (unpaired) electrons. The highest BCUT2D eigenvalue weighted by atomic mass is 16.3. The second-order valence-corrected chi connectivity index (χ2v) is 5.26. The number of aliphatic hydroxyl groups is 1. The van der Waals surface area contributed by atoms with Crippen LogP contribution in [0.25, 0.3) is 10.9 Å². The molecule has 2 N–H and O–H groups in total. The van der Waals surface area contributed by atoms with Gasteiger partial charge in [-0.05, 0) is 37.8 Å². The van der Waals surface area contributed by atoms with Crippen molar-refractivity contribution in [3.63, 3.8) is 0 Å². The number of hydrogen-bond donors (Lipinski definition) is 2. The van der Waals surface area contributed by atoms with E-state index in [1.54, 1.807) is 0 Å². The lowest BCUT2D eigenvalue weighted by Crippen LogP contribution is -2.43. The van der Waals surface area contributed by atoms with Gasteiger partial charge in [0.05, 0.1) is 11.1 Å². The molecule has 0 unspecified atom stereocenters. The second-order valence-electron chi connectivity index (χ2n) is 5.26. The molecule has 3 rings (SSSR count). The standard InChI is InChI=1S/C15H18N2O/c1-11-4-2-5-12-13(6-9-16-14(11)12)17-10-15(18)7-3-8-15/h2,4-6,9,18H,3,7-8,10H2,1H3,(H,16,17). The third kappa shape index (κ3) is 1.95. The number of rotatable bonds is 3. The van der Waals surface area contributed by atoms with Crippen molar-refractivity contribution in [2.75, 3.05) is 11.9 Å². The van der Waals surface area contributed by atoms with Crippen molar-refractivity contribution in [2.45, 2.75) is 31.8 Å². The number of nitrogens with one attached hydrogen (secondary N) is 1. The number of pyridine rings is 1. The maximum Gasteiger partial charge on any atom is 0.0819 e. The molecule has 18 heavy (non-hydrogen) atoms. The van der Waals surface area contributed by atoms with Crippen molar-refractivity contribution < 1.29 is 5.11 Å². The van der Waals surface area contributed by atoms with Crippen molar-refractivity contribution in [1.82, 2.24) is 4.98 Å². The van der Waals surface area contributed by atoms with E-state index >= 15 is 0 Å². The molecule has 1 aromatic heterocycles. The minimum atomic E-state index is -0.501. The SMILES string of the molecule is Cc1cccc2c(NCC3(O)CCC3)ccnc12. The van der Waals surface area contributed by atoms with Crippen molar-refractivity contribution in [3.05, 3.63) is 36.0 Å². The Morgan fingerprint density at radius 3 is 2.89 bits per heavy atom. The van der Waals surface area contributed by atoms with Crippen LogP contribution in [-0.2, 0) is 0 Å². The van der Waals surface area contributed by atoms with Crippen molar-refractivity contribution in [2.24, 2.45) is 0 Å². The predicted molar refractivity (Wildman–Crippen MR) is 73.8 cm³/mol. The molecule has 1 fully saturated rings. The molecule has 3 nitrogen and oxygen atoms in total. The van der Waals surface area contributed by atoms with Gasteiger partial charge in [-0.3, -0.25) is 4.98 Å². The summed E-state index contributed by atoms with van der Waals surface area (Å²) in [6.45, 7) is 2.69. The fourth-order valence-electron chi connectivity index (χ4n) is 2.50. The largest absolute Gasteiger partial charge is 0.388 e. The Kier molecular flexibility index (Phi) is 2.71. The van der Waals surface area contributed by atoms with Crippen LogP contribution in [0.15, 0.2) is 30.5 Å². The zero-order chi connectivity index (χ0) is 12.6. The average Bonchev–Trinajstić information content (AvgIpc) is 2.35. The number of hydrogen-bond acceptors (Lipinski definition) is 3. The molecule has 0 aliphatic heterocycles. The maximum absolute atomic E-state index is 10.1. The first-order chi connectivity index (χ1) is 8.68. The number of para-hydroxylation sites is 1. The highest BCUT2D eigenvalue weighted by molar-refractivity contribution is 5.92. The van der Waals surface area contributed by atoms with E-state index in [-0.39, 0.29) is 0 Å². The summed E-state index contributed by atoms with van der Waals surface area (Å²) in [6, 6.07) is 8.16. The van der Waals surface area contributed by atoms with Crippen molar-refractivity contribution >= 4 is 16.6 Å². The summed E-state index contributed by atoms with van der Waals surface area (Å²) in [6.07, 6.45) is 4.76. The molecule has 1 heterocycles. The van der Waals surface area contributed by atoms with Gasteiger partial charge in [-0.2, -0.15) is 0 Å². The van der Waals surface area contributed by atoms with Gasteiger partial charge in [-0.1, -0.05) is 18.2 Å². The van der Waals surface area contributed by atoms with Gasteiger partial charge in [0.2, 0.25) is 0 Å². The molecule has 0 spiro atoms. The quantitative estimate of drug-likeness (QED) is 0.870. The summed E-state index contributed by atoms with van der Waals surface area (Å²) in [5.41, 5.74) is 2.77. The van der Waals surface area contributed by atoms with Crippen LogP contribution in [0.1, 0.15) is 24.8 Å². The van der Waals surface area contributed by atoms with Crippen LogP contribution >= 0.6 is 0 Å². The van der Waals surface area contributed by atoms with Crippen LogP contribution in [0.2, 0.25) is 0 Å². The van der Waals surface area contributed by atoms with E-state index in [9.17, 15) is 5.11 Å². The van der Waals surface area contributed by atoms with Gasteiger partial charge in [-0.15, -0.1) is 0 Å². The van der Waals surface area contributed by atoms with E-state index in [4.69, 9.17) is 0 Å². The van der Waals surface area contributed by atoms with E-state index in [1.807, 2.05) is 18.3 Å². The average molecular weight is 242 g/mol. The minimum absolute atomic E-state index is 0.501. The molecule has 0 amide bonds.